The van der Waals surface area contributed by atoms with E-state index in [1.807, 2.05) is 36.4 Å². The highest BCUT2D eigenvalue weighted by molar-refractivity contribution is 6.32. The molecule has 2 nitrogen and oxygen atoms in total. The molecule has 0 radical (unpaired) electrons. The average molecular weight is 277 g/mol. The van der Waals surface area contributed by atoms with Crippen LogP contribution in [0.25, 0.3) is 0 Å². The molecule has 0 aromatic heterocycles. The quantitative estimate of drug-likeness (QED) is 0.874. The molecule has 0 aliphatic carbocycles. The number of ether oxygens (including phenoxy) is 1. The molecular weight excluding hydrogens is 260 g/mol. The van der Waals surface area contributed by atoms with E-state index in [1.165, 1.54) is 5.56 Å². The number of para-hydroxylation sites is 1. The van der Waals surface area contributed by atoms with Gasteiger partial charge in [-0.15, -0.1) is 0 Å². The molecule has 0 bridgehead atoms. The van der Waals surface area contributed by atoms with Crippen molar-refractivity contribution in [2.75, 3.05) is 13.2 Å². The van der Waals surface area contributed by atoms with E-state index in [4.69, 9.17) is 16.3 Å². The first-order chi connectivity index (χ1) is 9.29. The predicted molar refractivity (Wildman–Crippen MR) is 77.7 cm³/mol. The molecule has 1 atom stereocenters. The van der Waals surface area contributed by atoms with Crippen LogP contribution < -0.4 is 4.74 Å². The fourth-order valence-electron chi connectivity index (χ4n) is 1.89. The third-order valence-electron chi connectivity index (χ3n) is 2.94. The second-order valence-electron chi connectivity index (χ2n) is 4.48. The average Bonchev–Trinajstić information content (AvgIpc) is 2.46. The van der Waals surface area contributed by atoms with Gasteiger partial charge < -0.3 is 9.84 Å². The molecule has 0 fully saturated rings. The van der Waals surface area contributed by atoms with Crippen LogP contribution >= 0.6 is 11.6 Å². The predicted octanol–water partition coefficient (Wildman–Crippen LogP) is 3.57. The number of aliphatic hydroxyl groups is 1. The lowest BCUT2D eigenvalue weighted by Gasteiger charge is -2.16. The first kappa shape index (κ1) is 13.9. The van der Waals surface area contributed by atoms with Gasteiger partial charge in [-0.25, -0.2) is 0 Å². The molecule has 2 aromatic carbocycles. The van der Waals surface area contributed by atoms with Crippen LogP contribution in [0.4, 0.5) is 0 Å². The van der Waals surface area contributed by atoms with Crippen LogP contribution in [0.5, 0.6) is 5.75 Å². The molecule has 2 aromatic rings. The van der Waals surface area contributed by atoms with Crippen molar-refractivity contribution in [1.82, 2.24) is 0 Å². The van der Waals surface area contributed by atoms with Crippen LogP contribution in [-0.4, -0.2) is 18.3 Å². The zero-order valence-electron chi connectivity index (χ0n) is 10.6. The van der Waals surface area contributed by atoms with Crippen molar-refractivity contribution in [3.63, 3.8) is 0 Å². The van der Waals surface area contributed by atoms with Crippen molar-refractivity contribution in [2.45, 2.75) is 6.42 Å². The van der Waals surface area contributed by atoms with Gasteiger partial charge in [0.2, 0.25) is 0 Å². The Hall–Kier alpha value is -1.51. The third-order valence-corrected chi connectivity index (χ3v) is 3.25. The lowest BCUT2D eigenvalue weighted by Crippen LogP contribution is -2.18. The molecule has 0 amide bonds. The van der Waals surface area contributed by atoms with Crippen LogP contribution in [0.3, 0.4) is 0 Å². The summed E-state index contributed by atoms with van der Waals surface area (Å²) in [5.74, 6) is 0.731. The van der Waals surface area contributed by atoms with Crippen LogP contribution in [0.1, 0.15) is 5.56 Å². The largest absolute Gasteiger partial charge is 0.492 e. The summed E-state index contributed by atoms with van der Waals surface area (Å²) in [4.78, 5) is 0. The molecule has 0 spiro atoms. The maximum atomic E-state index is 9.42. The number of rotatable bonds is 6. The van der Waals surface area contributed by atoms with E-state index in [2.05, 4.69) is 12.1 Å². The van der Waals surface area contributed by atoms with Gasteiger partial charge in [0.05, 0.1) is 11.6 Å². The number of hydrogen-bond acceptors (Lipinski definition) is 2. The first-order valence-corrected chi connectivity index (χ1v) is 6.69. The van der Waals surface area contributed by atoms with E-state index >= 15 is 0 Å². The normalized spacial score (nSPS) is 12.1. The van der Waals surface area contributed by atoms with Crippen molar-refractivity contribution < 1.29 is 9.84 Å². The molecule has 1 N–H and O–H groups in total. The van der Waals surface area contributed by atoms with E-state index in [0.29, 0.717) is 17.4 Å². The first-order valence-electron chi connectivity index (χ1n) is 6.31. The minimum atomic E-state index is 0.0682. The van der Waals surface area contributed by atoms with Crippen molar-refractivity contribution in [3.05, 3.63) is 65.2 Å². The van der Waals surface area contributed by atoms with E-state index in [1.54, 1.807) is 6.07 Å². The maximum absolute atomic E-state index is 9.42. The molecule has 0 aliphatic heterocycles. The Morgan fingerprint density at radius 3 is 2.37 bits per heavy atom. The van der Waals surface area contributed by atoms with Crippen molar-refractivity contribution in [1.29, 1.82) is 0 Å². The molecule has 0 aliphatic rings. The van der Waals surface area contributed by atoms with Gasteiger partial charge in [0.1, 0.15) is 5.75 Å². The molecule has 19 heavy (non-hydrogen) atoms. The molecule has 1 unspecified atom stereocenters. The number of benzene rings is 2. The molecule has 100 valence electrons. The summed E-state index contributed by atoms with van der Waals surface area (Å²) in [6.45, 7) is 0.550. The highest BCUT2D eigenvalue weighted by Gasteiger charge is 2.10. The van der Waals surface area contributed by atoms with E-state index < -0.39 is 0 Å². The van der Waals surface area contributed by atoms with Gasteiger partial charge >= 0.3 is 0 Å². The van der Waals surface area contributed by atoms with Gasteiger partial charge in [-0.1, -0.05) is 54.1 Å². The molecular formula is C16H17ClO2. The highest BCUT2D eigenvalue weighted by atomic mass is 35.5. The standard InChI is InChI=1S/C16H17ClO2/c17-15-8-4-5-9-16(15)19-12-14(11-18)10-13-6-2-1-3-7-13/h1-9,14,18H,10-12H2. The summed E-state index contributed by atoms with van der Waals surface area (Å²) in [6, 6.07) is 17.5. The minimum Gasteiger partial charge on any atom is -0.492 e. The monoisotopic (exact) mass is 276 g/mol. The van der Waals surface area contributed by atoms with E-state index in [0.717, 1.165) is 6.42 Å². The molecule has 0 saturated heterocycles. The highest BCUT2D eigenvalue weighted by Crippen LogP contribution is 2.24. The lowest BCUT2D eigenvalue weighted by molar-refractivity contribution is 0.162. The van der Waals surface area contributed by atoms with E-state index in [9.17, 15) is 5.11 Å². The number of hydrogen-bond donors (Lipinski definition) is 1. The van der Waals surface area contributed by atoms with Gasteiger partial charge in [0.25, 0.3) is 0 Å². The number of halogens is 1. The van der Waals surface area contributed by atoms with Gasteiger partial charge in [-0.2, -0.15) is 0 Å². The Labute approximate surface area is 118 Å². The van der Waals surface area contributed by atoms with Gasteiger partial charge in [0.15, 0.2) is 0 Å². The molecule has 3 heteroatoms. The Kier molecular flexibility index (Phi) is 5.25. The Morgan fingerprint density at radius 1 is 1.00 bits per heavy atom. The van der Waals surface area contributed by atoms with E-state index in [-0.39, 0.29) is 12.5 Å². The van der Waals surface area contributed by atoms with Crippen LogP contribution in [-0.2, 0) is 6.42 Å². The fourth-order valence-corrected chi connectivity index (χ4v) is 2.08. The third kappa shape index (κ3) is 4.27. The van der Waals surface area contributed by atoms with Crippen LogP contribution in [0.15, 0.2) is 54.6 Å². The summed E-state index contributed by atoms with van der Waals surface area (Å²) >= 11 is 6.02. The van der Waals surface area contributed by atoms with Gasteiger partial charge in [-0.3, -0.25) is 0 Å². The number of aliphatic hydroxyl groups excluding tert-OH is 1. The summed E-state index contributed by atoms with van der Waals surface area (Å²) in [7, 11) is 0. The van der Waals surface area contributed by atoms with Crippen molar-refractivity contribution >= 4 is 11.6 Å². The smallest absolute Gasteiger partial charge is 0.137 e. The zero-order valence-corrected chi connectivity index (χ0v) is 11.4. The SMILES string of the molecule is OCC(COc1ccccc1Cl)Cc1ccccc1. The topological polar surface area (TPSA) is 29.5 Å². The van der Waals surface area contributed by atoms with Crippen LogP contribution in [0.2, 0.25) is 5.02 Å². The summed E-state index contributed by atoms with van der Waals surface area (Å²) in [6.07, 6.45) is 0.793. The molecule has 0 saturated carbocycles. The second kappa shape index (κ2) is 7.17. The molecule has 2 rings (SSSR count). The van der Waals surface area contributed by atoms with Gasteiger partial charge in [0, 0.05) is 12.5 Å². The van der Waals surface area contributed by atoms with Crippen molar-refractivity contribution in [2.24, 2.45) is 5.92 Å². The lowest BCUT2D eigenvalue weighted by atomic mass is 10.0. The van der Waals surface area contributed by atoms with Gasteiger partial charge in [-0.05, 0) is 24.1 Å². The zero-order chi connectivity index (χ0) is 13.5. The summed E-state index contributed by atoms with van der Waals surface area (Å²) in [5.41, 5.74) is 1.20. The summed E-state index contributed by atoms with van der Waals surface area (Å²) in [5, 5.41) is 10.0. The van der Waals surface area contributed by atoms with Crippen molar-refractivity contribution in [3.8, 4) is 5.75 Å². The Balaban J connectivity index is 1.91. The Morgan fingerprint density at radius 2 is 1.68 bits per heavy atom. The summed E-state index contributed by atoms with van der Waals surface area (Å²) < 4.78 is 5.67. The maximum Gasteiger partial charge on any atom is 0.137 e. The fraction of sp³-hybridized carbons (Fsp3) is 0.250. The minimum absolute atomic E-state index is 0.0682. The van der Waals surface area contributed by atoms with Crippen LogP contribution in [0, 0.1) is 5.92 Å². The Bertz CT molecular complexity index is 499. The molecule has 0 heterocycles. The second-order valence-corrected chi connectivity index (χ2v) is 4.89.